The molecular weight excluding hydrogens is 328 g/mol. The van der Waals surface area contributed by atoms with Crippen LogP contribution in [0.25, 0.3) is 0 Å². The van der Waals surface area contributed by atoms with Crippen LogP contribution in [0.3, 0.4) is 0 Å². The Balaban J connectivity index is 2.13. The molecule has 0 unspecified atom stereocenters. The molecule has 5 nitrogen and oxygen atoms in total. The minimum atomic E-state index is -0.482. The van der Waals surface area contributed by atoms with Crippen LogP contribution in [-0.2, 0) is 4.79 Å². The van der Waals surface area contributed by atoms with Crippen molar-refractivity contribution >= 4 is 28.9 Å². The maximum Gasteiger partial charge on any atom is 0.246 e. The normalized spacial score (nSPS) is 11.5. The lowest BCUT2D eigenvalue weighted by molar-refractivity contribution is -0.116. The second-order valence-electron chi connectivity index (χ2n) is 5.36. The molecule has 1 amide bonds. The molecule has 0 saturated carbocycles. The molecule has 0 radical (unpaired) electrons. The predicted molar refractivity (Wildman–Crippen MR) is 97.4 cm³/mol. The number of rotatable bonds is 6. The van der Waals surface area contributed by atoms with E-state index in [9.17, 15) is 4.79 Å². The highest BCUT2D eigenvalue weighted by Crippen LogP contribution is 2.31. The summed E-state index contributed by atoms with van der Waals surface area (Å²) in [7, 11) is 3.12. The van der Waals surface area contributed by atoms with Crippen molar-refractivity contribution in [1.29, 1.82) is 0 Å². The Kier molecular flexibility index (Phi) is 5.93. The summed E-state index contributed by atoms with van der Waals surface area (Å²) in [5, 5.41) is 6.62. The van der Waals surface area contributed by atoms with Gasteiger partial charge in [-0.05, 0) is 37.6 Å². The maximum atomic E-state index is 12.4. The number of carbonyl (C=O) groups excluding carboxylic acids is 1. The molecule has 0 aliphatic rings. The molecular formula is C18H21ClN2O3. The Labute approximate surface area is 146 Å². The van der Waals surface area contributed by atoms with E-state index < -0.39 is 6.04 Å². The lowest BCUT2D eigenvalue weighted by atomic mass is 10.2. The fourth-order valence-corrected chi connectivity index (χ4v) is 2.39. The number of halogens is 1. The molecule has 0 aromatic heterocycles. The highest BCUT2D eigenvalue weighted by atomic mass is 35.5. The maximum absolute atomic E-state index is 12.4. The fraction of sp³-hybridized carbons (Fsp3) is 0.278. The Hall–Kier alpha value is -2.40. The number of carbonyl (C=O) groups is 1. The van der Waals surface area contributed by atoms with Crippen molar-refractivity contribution < 1.29 is 14.3 Å². The van der Waals surface area contributed by atoms with Crippen molar-refractivity contribution in [3.8, 4) is 11.5 Å². The van der Waals surface area contributed by atoms with Gasteiger partial charge in [0.15, 0.2) is 0 Å². The number of benzene rings is 2. The third-order valence-electron chi connectivity index (χ3n) is 3.61. The molecule has 24 heavy (non-hydrogen) atoms. The first kappa shape index (κ1) is 17.9. The Bertz CT molecular complexity index is 734. The first-order chi connectivity index (χ1) is 11.5. The van der Waals surface area contributed by atoms with Crippen molar-refractivity contribution in [1.82, 2.24) is 0 Å². The molecule has 0 fully saturated rings. The summed E-state index contributed by atoms with van der Waals surface area (Å²) in [6.45, 7) is 3.67. The average molecular weight is 349 g/mol. The van der Waals surface area contributed by atoms with Gasteiger partial charge in [-0.2, -0.15) is 0 Å². The van der Waals surface area contributed by atoms with Gasteiger partial charge in [-0.1, -0.05) is 23.7 Å². The van der Waals surface area contributed by atoms with Crippen LogP contribution in [0.5, 0.6) is 11.5 Å². The summed E-state index contributed by atoms with van der Waals surface area (Å²) in [5.41, 5.74) is 2.23. The van der Waals surface area contributed by atoms with Crippen LogP contribution in [0.4, 0.5) is 11.4 Å². The topological polar surface area (TPSA) is 59.6 Å². The van der Waals surface area contributed by atoms with Crippen LogP contribution in [-0.4, -0.2) is 26.2 Å². The second kappa shape index (κ2) is 7.93. The van der Waals surface area contributed by atoms with Crippen LogP contribution >= 0.6 is 11.6 Å². The molecule has 0 aliphatic heterocycles. The van der Waals surface area contributed by atoms with Gasteiger partial charge in [0.05, 0.1) is 25.6 Å². The number of para-hydroxylation sites is 2. The molecule has 1 atom stereocenters. The summed E-state index contributed by atoms with van der Waals surface area (Å²) in [4.78, 5) is 12.4. The SMILES string of the molecule is COc1ccccc1NC(=O)[C@@H](C)Nc1cc(C)c(Cl)cc1OC. The van der Waals surface area contributed by atoms with Crippen molar-refractivity contribution in [2.75, 3.05) is 24.9 Å². The van der Waals surface area contributed by atoms with Crippen molar-refractivity contribution in [2.45, 2.75) is 19.9 Å². The van der Waals surface area contributed by atoms with E-state index in [1.807, 2.05) is 25.1 Å². The number of nitrogens with one attached hydrogen (secondary N) is 2. The number of aryl methyl sites for hydroxylation is 1. The van der Waals surface area contributed by atoms with E-state index in [1.54, 1.807) is 39.3 Å². The number of ether oxygens (including phenoxy) is 2. The minimum Gasteiger partial charge on any atom is -0.495 e. The quantitative estimate of drug-likeness (QED) is 0.825. The van der Waals surface area contributed by atoms with Gasteiger partial charge in [-0.25, -0.2) is 0 Å². The van der Waals surface area contributed by atoms with Crippen LogP contribution < -0.4 is 20.1 Å². The molecule has 0 spiro atoms. The van der Waals surface area contributed by atoms with E-state index in [0.29, 0.717) is 27.9 Å². The van der Waals surface area contributed by atoms with Gasteiger partial charge >= 0.3 is 0 Å². The van der Waals surface area contributed by atoms with Gasteiger partial charge < -0.3 is 20.1 Å². The van der Waals surface area contributed by atoms with Crippen molar-refractivity contribution in [3.05, 3.63) is 47.0 Å². The smallest absolute Gasteiger partial charge is 0.246 e. The zero-order valence-corrected chi connectivity index (χ0v) is 14.9. The van der Waals surface area contributed by atoms with Gasteiger partial charge in [-0.3, -0.25) is 4.79 Å². The number of amides is 1. The predicted octanol–water partition coefficient (Wildman–Crippen LogP) is 4.10. The molecule has 0 saturated heterocycles. The third kappa shape index (κ3) is 4.11. The van der Waals surface area contributed by atoms with E-state index in [4.69, 9.17) is 21.1 Å². The molecule has 6 heteroatoms. The van der Waals surface area contributed by atoms with Gasteiger partial charge in [0.1, 0.15) is 17.5 Å². The van der Waals surface area contributed by atoms with E-state index in [0.717, 1.165) is 5.56 Å². The number of hydrogen-bond acceptors (Lipinski definition) is 4. The molecule has 2 aromatic carbocycles. The Morgan fingerprint density at radius 2 is 1.75 bits per heavy atom. The lowest BCUT2D eigenvalue weighted by Gasteiger charge is -2.19. The second-order valence-corrected chi connectivity index (χ2v) is 5.76. The zero-order valence-electron chi connectivity index (χ0n) is 14.1. The molecule has 2 rings (SSSR count). The zero-order chi connectivity index (χ0) is 17.7. The van der Waals surface area contributed by atoms with Crippen LogP contribution in [0, 0.1) is 6.92 Å². The summed E-state index contributed by atoms with van der Waals surface area (Å²) in [5.74, 6) is 1.01. The minimum absolute atomic E-state index is 0.186. The molecule has 2 aromatic rings. The van der Waals surface area contributed by atoms with E-state index in [-0.39, 0.29) is 5.91 Å². The molecule has 128 valence electrons. The first-order valence-electron chi connectivity index (χ1n) is 7.50. The Morgan fingerprint density at radius 1 is 1.08 bits per heavy atom. The molecule has 2 N–H and O–H groups in total. The Morgan fingerprint density at radius 3 is 2.42 bits per heavy atom. The van der Waals surface area contributed by atoms with Gasteiger partial charge in [-0.15, -0.1) is 0 Å². The summed E-state index contributed by atoms with van der Waals surface area (Å²) >= 11 is 6.10. The number of anilines is 2. The number of hydrogen-bond donors (Lipinski definition) is 2. The highest BCUT2D eigenvalue weighted by Gasteiger charge is 2.17. The fourth-order valence-electron chi connectivity index (χ4n) is 2.23. The van der Waals surface area contributed by atoms with Crippen LogP contribution in [0.1, 0.15) is 12.5 Å². The van der Waals surface area contributed by atoms with E-state index in [1.165, 1.54) is 0 Å². The third-order valence-corrected chi connectivity index (χ3v) is 4.02. The lowest BCUT2D eigenvalue weighted by Crippen LogP contribution is -2.32. The van der Waals surface area contributed by atoms with Crippen molar-refractivity contribution in [3.63, 3.8) is 0 Å². The molecule has 0 aliphatic carbocycles. The van der Waals surface area contributed by atoms with Crippen molar-refractivity contribution in [2.24, 2.45) is 0 Å². The largest absolute Gasteiger partial charge is 0.495 e. The van der Waals surface area contributed by atoms with E-state index >= 15 is 0 Å². The molecule has 0 heterocycles. The highest BCUT2D eigenvalue weighted by molar-refractivity contribution is 6.31. The van der Waals surface area contributed by atoms with Gasteiger partial charge in [0, 0.05) is 11.1 Å². The number of methoxy groups -OCH3 is 2. The van der Waals surface area contributed by atoms with Gasteiger partial charge in [0.2, 0.25) is 5.91 Å². The summed E-state index contributed by atoms with van der Waals surface area (Å²) in [6, 6.07) is 10.4. The molecule has 0 bridgehead atoms. The summed E-state index contributed by atoms with van der Waals surface area (Å²) < 4.78 is 10.6. The average Bonchev–Trinajstić information content (AvgIpc) is 2.58. The van der Waals surface area contributed by atoms with Crippen LogP contribution in [0.2, 0.25) is 5.02 Å². The van der Waals surface area contributed by atoms with E-state index in [2.05, 4.69) is 10.6 Å². The standard InChI is InChI=1S/C18H21ClN2O3/c1-11-9-15(17(24-4)10-13(11)19)20-12(2)18(22)21-14-7-5-6-8-16(14)23-3/h5-10,12,20H,1-4H3,(H,21,22)/t12-/m1/s1. The summed E-state index contributed by atoms with van der Waals surface area (Å²) in [6.07, 6.45) is 0. The monoisotopic (exact) mass is 348 g/mol. The van der Waals surface area contributed by atoms with Crippen LogP contribution in [0.15, 0.2) is 36.4 Å². The van der Waals surface area contributed by atoms with Gasteiger partial charge in [0.25, 0.3) is 0 Å². The first-order valence-corrected chi connectivity index (χ1v) is 7.88.